The SMILES string of the molecule is CN(C)c1ccc([C@@H](CNC(=O)c2ccc(C(C)(C)C)cc2)[NH+]2CC[NH+](C)CC2)cc1. The average molecular weight is 425 g/mol. The second kappa shape index (κ2) is 9.84. The van der Waals surface area contributed by atoms with Gasteiger partial charge in [-0.3, -0.25) is 4.79 Å². The van der Waals surface area contributed by atoms with Crippen molar-refractivity contribution < 1.29 is 14.6 Å². The molecule has 1 amide bonds. The lowest BCUT2D eigenvalue weighted by molar-refractivity contribution is -1.02. The Bertz CT molecular complexity index is 844. The maximum absolute atomic E-state index is 12.9. The van der Waals surface area contributed by atoms with Gasteiger partial charge in [-0.1, -0.05) is 45.0 Å². The molecule has 1 atom stereocenters. The Morgan fingerprint density at radius 2 is 1.55 bits per heavy atom. The minimum atomic E-state index is 0.00882. The first-order valence-corrected chi connectivity index (χ1v) is 11.5. The van der Waals surface area contributed by atoms with Gasteiger partial charge in [0.25, 0.3) is 5.91 Å². The number of piperazine rings is 1. The van der Waals surface area contributed by atoms with Gasteiger partial charge >= 0.3 is 0 Å². The lowest BCUT2D eigenvalue weighted by Gasteiger charge is -2.33. The molecule has 1 heterocycles. The van der Waals surface area contributed by atoms with Gasteiger partial charge in [-0.05, 0) is 35.2 Å². The summed E-state index contributed by atoms with van der Waals surface area (Å²) in [5.74, 6) is 0.00882. The van der Waals surface area contributed by atoms with Crippen LogP contribution < -0.4 is 20.0 Å². The third kappa shape index (κ3) is 6.08. The topological polar surface area (TPSA) is 41.2 Å². The molecular weight excluding hydrogens is 384 g/mol. The Hall–Kier alpha value is -2.37. The summed E-state index contributed by atoms with van der Waals surface area (Å²) in [6.07, 6.45) is 0. The molecule has 2 aromatic rings. The highest BCUT2D eigenvalue weighted by molar-refractivity contribution is 5.94. The van der Waals surface area contributed by atoms with E-state index in [1.54, 1.807) is 9.80 Å². The first-order chi connectivity index (χ1) is 14.6. The van der Waals surface area contributed by atoms with E-state index >= 15 is 0 Å². The molecule has 1 saturated heterocycles. The van der Waals surface area contributed by atoms with Crippen LogP contribution in [0, 0.1) is 0 Å². The highest BCUT2D eigenvalue weighted by Crippen LogP contribution is 2.22. The molecule has 0 radical (unpaired) electrons. The summed E-state index contributed by atoms with van der Waals surface area (Å²) >= 11 is 0. The van der Waals surface area contributed by atoms with Crippen LogP contribution >= 0.6 is 0 Å². The summed E-state index contributed by atoms with van der Waals surface area (Å²) in [7, 11) is 6.39. The molecule has 168 valence electrons. The highest BCUT2D eigenvalue weighted by Gasteiger charge is 2.29. The van der Waals surface area contributed by atoms with E-state index in [0.29, 0.717) is 6.54 Å². The van der Waals surface area contributed by atoms with Gasteiger partial charge < -0.3 is 20.0 Å². The molecule has 0 spiro atoms. The van der Waals surface area contributed by atoms with Crippen LogP contribution in [0.15, 0.2) is 48.5 Å². The normalized spacial score (nSPS) is 20.2. The van der Waals surface area contributed by atoms with Gasteiger partial charge in [-0.15, -0.1) is 0 Å². The number of anilines is 1. The van der Waals surface area contributed by atoms with Crippen molar-refractivity contribution in [3.63, 3.8) is 0 Å². The number of likely N-dealkylation sites (N-methyl/N-ethyl adjacent to an activating group) is 1. The summed E-state index contributed by atoms with van der Waals surface area (Å²) in [6.45, 7) is 11.8. The van der Waals surface area contributed by atoms with E-state index in [1.807, 2.05) is 12.1 Å². The van der Waals surface area contributed by atoms with Crippen LogP contribution in [0.4, 0.5) is 5.69 Å². The van der Waals surface area contributed by atoms with Crippen LogP contribution in [0.1, 0.15) is 48.3 Å². The number of nitrogens with zero attached hydrogens (tertiary/aromatic N) is 1. The first kappa shape index (κ1) is 23.3. The number of amides is 1. The molecule has 0 aromatic heterocycles. The molecule has 1 fully saturated rings. The fourth-order valence-corrected chi connectivity index (χ4v) is 4.27. The summed E-state index contributed by atoms with van der Waals surface area (Å²) in [4.78, 5) is 18.2. The highest BCUT2D eigenvalue weighted by atomic mass is 16.1. The minimum Gasteiger partial charge on any atom is -0.378 e. The number of hydrogen-bond acceptors (Lipinski definition) is 2. The Morgan fingerprint density at radius 3 is 2.06 bits per heavy atom. The Morgan fingerprint density at radius 1 is 0.968 bits per heavy atom. The van der Waals surface area contributed by atoms with Crippen LogP contribution in [0.2, 0.25) is 0 Å². The van der Waals surface area contributed by atoms with Crippen LogP contribution in [0.5, 0.6) is 0 Å². The fraction of sp³-hybridized carbons (Fsp3) is 0.500. The molecule has 3 rings (SSSR count). The molecule has 1 aliphatic heterocycles. The van der Waals surface area contributed by atoms with E-state index in [-0.39, 0.29) is 17.4 Å². The van der Waals surface area contributed by atoms with Gasteiger partial charge in [-0.25, -0.2) is 0 Å². The van der Waals surface area contributed by atoms with Crippen molar-refractivity contribution in [1.29, 1.82) is 0 Å². The van der Waals surface area contributed by atoms with E-state index in [0.717, 1.165) is 18.7 Å². The van der Waals surface area contributed by atoms with E-state index in [1.165, 1.54) is 29.9 Å². The van der Waals surface area contributed by atoms with Gasteiger partial charge in [0.05, 0.1) is 13.6 Å². The lowest BCUT2D eigenvalue weighted by Crippen LogP contribution is -3.27. The second-order valence-corrected chi connectivity index (χ2v) is 10.2. The van der Waals surface area contributed by atoms with Gasteiger partial charge in [0.2, 0.25) is 0 Å². The third-order valence-electron chi connectivity index (χ3n) is 6.53. The summed E-state index contributed by atoms with van der Waals surface area (Å²) in [6, 6.07) is 17.1. The quantitative estimate of drug-likeness (QED) is 0.646. The minimum absolute atomic E-state index is 0.00882. The maximum Gasteiger partial charge on any atom is 0.251 e. The summed E-state index contributed by atoms with van der Waals surface area (Å²) in [5.41, 5.74) is 4.55. The Labute approximate surface area is 188 Å². The monoisotopic (exact) mass is 424 g/mol. The van der Waals surface area contributed by atoms with Crippen LogP contribution in [0.3, 0.4) is 0 Å². The van der Waals surface area contributed by atoms with Crippen molar-refractivity contribution in [3.8, 4) is 0 Å². The molecule has 5 nitrogen and oxygen atoms in total. The van der Waals surface area contributed by atoms with Crippen molar-refractivity contribution in [2.24, 2.45) is 0 Å². The zero-order valence-electron chi connectivity index (χ0n) is 20.1. The van der Waals surface area contributed by atoms with E-state index in [4.69, 9.17) is 0 Å². The predicted molar refractivity (Wildman–Crippen MR) is 128 cm³/mol. The largest absolute Gasteiger partial charge is 0.378 e. The predicted octanol–water partition coefficient (Wildman–Crippen LogP) is 0.934. The first-order valence-electron chi connectivity index (χ1n) is 11.5. The third-order valence-corrected chi connectivity index (χ3v) is 6.53. The molecule has 3 N–H and O–H groups in total. The van der Waals surface area contributed by atoms with Gasteiger partial charge in [0, 0.05) is 30.9 Å². The fourth-order valence-electron chi connectivity index (χ4n) is 4.27. The standard InChI is InChI=1S/C26H38N4O/c1-26(2,3)22-11-7-21(8-12-22)25(31)27-19-24(30-17-15-29(6)16-18-30)20-9-13-23(14-10-20)28(4)5/h7-14,24H,15-19H2,1-6H3,(H,27,31)/p+2/t24-/m1/s1. The van der Waals surface area contributed by atoms with Crippen molar-refractivity contribution in [1.82, 2.24) is 5.32 Å². The molecule has 31 heavy (non-hydrogen) atoms. The van der Waals surface area contributed by atoms with Crippen LogP contribution in [0.25, 0.3) is 0 Å². The van der Waals surface area contributed by atoms with E-state index in [9.17, 15) is 4.79 Å². The lowest BCUT2D eigenvalue weighted by atomic mass is 9.87. The zero-order chi connectivity index (χ0) is 22.6. The average Bonchev–Trinajstić information content (AvgIpc) is 2.74. The molecule has 0 bridgehead atoms. The molecule has 2 aromatic carbocycles. The molecule has 0 unspecified atom stereocenters. The van der Waals surface area contributed by atoms with Gasteiger partial charge in [-0.2, -0.15) is 0 Å². The number of nitrogens with one attached hydrogen (secondary N) is 3. The van der Waals surface area contributed by atoms with E-state index < -0.39 is 0 Å². The Balaban J connectivity index is 1.73. The summed E-state index contributed by atoms with van der Waals surface area (Å²) in [5, 5.41) is 3.22. The summed E-state index contributed by atoms with van der Waals surface area (Å²) < 4.78 is 0. The maximum atomic E-state index is 12.9. The molecule has 1 aliphatic rings. The van der Waals surface area contributed by atoms with Crippen LogP contribution in [-0.4, -0.2) is 59.8 Å². The number of hydrogen-bond donors (Lipinski definition) is 3. The van der Waals surface area contributed by atoms with Crippen molar-refractivity contribution in [2.75, 3.05) is 58.8 Å². The number of rotatable bonds is 6. The molecule has 5 heteroatoms. The number of carbonyl (C=O) groups excluding carboxylic acids is 1. The smallest absolute Gasteiger partial charge is 0.251 e. The number of carbonyl (C=O) groups is 1. The second-order valence-electron chi connectivity index (χ2n) is 10.2. The van der Waals surface area contributed by atoms with Crippen molar-refractivity contribution in [3.05, 3.63) is 65.2 Å². The van der Waals surface area contributed by atoms with Crippen LogP contribution in [-0.2, 0) is 5.41 Å². The van der Waals surface area contributed by atoms with Crippen molar-refractivity contribution >= 4 is 11.6 Å². The van der Waals surface area contributed by atoms with Gasteiger partial charge in [0.1, 0.15) is 32.2 Å². The van der Waals surface area contributed by atoms with E-state index in [2.05, 4.69) is 88.5 Å². The number of benzene rings is 2. The molecule has 0 saturated carbocycles. The van der Waals surface area contributed by atoms with Crippen molar-refractivity contribution in [2.45, 2.75) is 32.2 Å². The van der Waals surface area contributed by atoms with Gasteiger partial charge in [0.15, 0.2) is 0 Å². The zero-order valence-corrected chi connectivity index (χ0v) is 20.1. The number of quaternary nitrogens is 2. The molecule has 0 aliphatic carbocycles. The Kier molecular flexibility index (Phi) is 7.39. The molecular formula is C26H40N4O+2.